The van der Waals surface area contributed by atoms with Crippen molar-refractivity contribution in [3.8, 4) is 11.5 Å². The average molecular weight is 478 g/mol. The highest BCUT2D eigenvalue weighted by Crippen LogP contribution is 2.44. The molecule has 0 saturated carbocycles. The van der Waals surface area contributed by atoms with Gasteiger partial charge in [-0.3, -0.25) is 14.5 Å². The number of carbonyl (C=O) groups excluding carboxylic acids is 2. The van der Waals surface area contributed by atoms with E-state index in [9.17, 15) is 14.7 Å². The summed E-state index contributed by atoms with van der Waals surface area (Å²) in [6.07, 6.45) is 0. The minimum atomic E-state index is -0.883. The number of methoxy groups -OCH3 is 1. The highest BCUT2D eigenvalue weighted by atomic mass is 35.5. The molecule has 7 heteroatoms. The molecule has 6 nitrogen and oxygen atoms in total. The molecule has 1 unspecified atom stereocenters. The maximum atomic E-state index is 13.3. The van der Waals surface area contributed by atoms with Gasteiger partial charge in [-0.1, -0.05) is 35.4 Å². The number of hydrogen-bond donors (Lipinski definition) is 1. The number of aryl methyl sites for hydroxylation is 1. The number of carbonyl (C=O) groups is 2. The van der Waals surface area contributed by atoms with Gasteiger partial charge in [0.2, 0.25) is 0 Å². The summed E-state index contributed by atoms with van der Waals surface area (Å²) < 4.78 is 11.1. The zero-order valence-electron chi connectivity index (χ0n) is 19.0. The second-order valence-corrected chi connectivity index (χ2v) is 8.29. The lowest BCUT2D eigenvalue weighted by Gasteiger charge is -2.26. The SMILES string of the molecule is CCOc1cccc(C2/C(=C(\O)c3cc(C)ccc3OC)C(=O)C(=O)N2c2ccc(Cl)cc2)c1. The Morgan fingerprint density at radius 2 is 1.79 bits per heavy atom. The lowest BCUT2D eigenvalue weighted by atomic mass is 9.94. The van der Waals surface area contributed by atoms with Crippen molar-refractivity contribution in [3.63, 3.8) is 0 Å². The first kappa shape index (κ1) is 23.4. The number of aliphatic hydroxyl groups excluding tert-OH is 1. The van der Waals surface area contributed by atoms with Crippen molar-refractivity contribution in [3.05, 3.63) is 94.0 Å². The molecule has 1 amide bonds. The zero-order valence-corrected chi connectivity index (χ0v) is 19.8. The van der Waals surface area contributed by atoms with Crippen molar-refractivity contribution in [2.75, 3.05) is 18.6 Å². The van der Waals surface area contributed by atoms with Crippen LogP contribution >= 0.6 is 11.6 Å². The molecule has 1 saturated heterocycles. The zero-order chi connectivity index (χ0) is 24.4. The van der Waals surface area contributed by atoms with Gasteiger partial charge in [-0.05, 0) is 67.9 Å². The smallest absolute Gasteiger partial charge is 0.300 e. The van der Waals surface area contributed by atoms with Crippen LogP contribution in [0.5, 0.6) is 11.5 Å². The van der Waals surface area contributed by atoms with Crippen molar-refractivity contribution >= 4 is 34.7 Å². The van der Waals surface area contributed by atoms with Gasteiger partial charge in [0, 0.05) is 10.7 Å². The number of hydrogen-bond acceptors (Lipinski definition) is 5. The van der Waals surface area contributed by atoms with Crippen LogP contribution in [0.25, 0.3) is 5.76 Å². The molecular formula is C27H24ClNO5. The number of ketones is 1. The topological polar surface area (TPSA) is 76.1 Å². The molecule has 1 aliphatic rings. The molecule has 1 fully saturated rings. The number of amides is 1. The first-order chi connectivity index (χ1) is 16.3. The molecule has 0 radical (unpaired) electrons. The van der Waals surface area contributed by atoms with Gasteiger partial charge in [-0.25, -0.2) is 0 Å². The molecule has 34 heavy (non-hydrogen) atoms. The van der Waals surface area contributed by atoms with Gasteiger partial charge >= 0.3 is 0 Å². The van der Waals surface area contributed by atoms with E-state index >= 15 is 0 Å². The van der Waals surface area contributed by atoms with E-state index < -0.39 is 17.7 Å². The summed E-state index contributed by atoms with van der Waals surface area (Å²) in [5.74, 6) is -0.857. The summed E-state index contributed by atoms with van der Waals surface area (Å²) in [4.78, 5) is 28.0. The molecule has 3 aromatic rings. The molecule has 1 atom stereocenters. The average Bonchev–Trinajstić information content (AvgIpc) is 3.10. The molecule has 0 spiro atoms. The lowest BCUT2D eigenvalue weighted by Crippen LogP contribution is -2.29. The van der Waals surface area contributed by atoms with Crippen LogP contribution in [0.1, 0.15) is 29.7 Å². The summed E-state index contributed by atoms with van der Waals surface area (Å²) in [5.41, 5.74) is 2.27. The second kappa shape index (κ2) is 9.61. The molecule has 0 bridgehead atoms. The van der Waals surface area contributed by atoms with Crippen LogP contribution < -0.4 is 14.4 Å². The van der Waals surface area contributed by atoms with E-state index in [2.05, 4.69) is 0 Å². The van der Waals surface area contributed by atoms with Crippen molar-refractivity contribution in [1.82, 2.24) is 0 Å². The van der Waals surface area contributed by atoms with E-state index in [-0.39, 0.29) is 11.3 Å². The third-order valence-corrected chi connectivity index (χ3v) is 5.90. The Bertz CT molecular complexity index is 1280. The predicted molar refractivity (Wildman–Crippen MR) is 132 cm³/mol. The number of halogens is 1. The molecule has 1 N–H and O–H groups in total. The van der Waals surface area contributed by atoms with Crippen molar-refractivity contribution < 1.29 is 24.2 Å². The van der Waals surface area contributed by atoms with Crippen LogP contribution in [-0.2, 0) is 9.59 Å². The number of aliphatic hydroxyl groups is 1. The monoisotopic (exact) mass is 477 g/mol. The minimum absolute atomic E-state index is 0.0301. The van der Waals surface area contributed by atoms with Crippen LogP contribution in [0.3, 0.4) is 0 Å². The fraction of sp³-hybridized carbons (Fsp3) is 0.185. The summed E-state index contributed by atoms with van der Waals surface area (Å²) in [6, 6.07) is 18.2. The van der Waals surface area contributed by atoms with Crippen molar-refractivity contribution in [2.24, 2.45) is 0 Å². The van der Waals surface area contributed by atoms with Crippen LogP contribution in [0.15, 0.2) is 72.3 Å². The molecule has 3 aromatic carbocycles. The molecule has 0 aromatic heterocycles. The van der Waals surface area contributed by atoms with E-state index in [4.69, 9.17) is 21.1 Å². The molecule has 4 rings (SSSR count). The molecule has 0 aliphatic carbocycles. The highest BCUT2D eigenvalue weighted by molar-refractivity contribution is 6.51. The Labute approximate surface area is 203 Å². The molecule has 1 aliphatic heterocycles. The second-order valence-electron chi connectivity index (χ2n) is 7.85. The van der Waals surface area contributed by atoms with E-state index in [1.165, 1.54) is 12.0 Å². The van der Waals surface area contributed by atoms with Gasteiger partial charge in [-0.2, -0.15) is 0 Å². The summed E-state index contributed by atoms with van der Waals surface area (Å²) >= 11 is 6.05. The van der Waals surface area contributed by atoms with Gasteiger partial charge in [-0.15, -0.1) is 0 Å². The first-order valence-electron chi connectivity index (χ1n) is 10.8. The Morgan fingerprint density at radius 1 is 1.06 bits per heavy atom. The minimum Gasteiger partial charge on any atom is -0.507 e. The Hall–Kier alpha value is -3.77. The van der Waals surface area contributed by atoms with Crippen molar-refractivity contribution in [1.29, 1.82) is 0 Å². The quantitative estimate of drug-likeness (QED) is 0.281. The summed E-state index contributed by atoms with van der Waals surface area (Å²) in [5, 5.41) is 11.9. The first-order valence-corrected chi connectivity index (χ1v) is 11.2. The van der Waals surface area contributed by atoms with Crippen LogP contribution in [0.2, 0.25) is 5.02 Å². The van der Waals surface area contributed by atoms with E-state index in [1.807, 2.05) is 19.9 Å². The predicted octanol–water partition coefficient (Wildman–Crippen LogP) is 5.68. The summed E-state index contributed by atoms with van der Waals surface area (Å²) in [7, 11) is 1.48. The summed E-state index contributed by atoms with van der Waals surface area (Å²) in [6.45, 7) is 4.20. The Morgan fingerprint density at radius 3 is 2.47 bits per heavy atom. The van der Waals surface area contributed by atoms with Crippen LogP contribution in [0.4, 0.5) is 5.69 Å². The third kappa shape index (κ3) is 4.24. The van der Waals surface area contributed by atoms with Crippen molar-refractivity contribution in [2.45, 2.75) is 19.9 Å². The highest BCUT2D eigenvalue weighted by Gasteiger charge is 2.47. The van der Waals surface area contributed by atoms with E-state index in [1.54, 1.807) is 60.7 Å². The Kier molecular flexibility index (Phi) is 6.61. The molecular weight excluding hydrogens is 454 g/mol. The Balaban J connectivity index is 1.98. The maximum Gasteiger partial charge on any atom is 0.300 e. The van der Waals surface area contributed by atoms with Crippen LogP contribution in [0, 0.1) is 6.92 Å². The number of ether oxygens (including phenoxy) is 2. The van der Waals surface area contributed by atoms with Gasteiger partial charge in [0.1, 0.15) is 17.3 Å². The number of anilines is 1. The molecule has 1 heterocycles. The van der Waals surface area contributed by atoms with E-state index in [0.717, 1.165) is 5.56 Å². The maximum absolute atomic E-state index is 13.3. The number of nitrogens with zero attached hydrogens (tertiary/aromatic N) is 1. The third-order valence-electron chi connectivity index (χ3n) is 5.64. The lowest BCUT2D eigenvalue weighted by molar-refractivity contribution is -0.132. The number of rotatable bonds is 6. The largest absolute Gasteiger partial charge is 0.507 e. The number of Topliss-reactive ketones (excluding diaryl/α,β-unsaturated/α-hetero) is 1. The standard InChI is InChI=1S/C27H24ClNO5/c1-4-34-20-7-5-6-17(15-20)24-23(25(30)21-14-16(2)8-13-22(21)33-3)26(31)27(32)29(24)19-11-9-18(28)10-12-19/h5-15,24,30H,4H2,1-3H3/b25-23+. The molecule has 174 valence electrons. The van der Waals surface area contributed by atoms with Gasteiger partial charge in [0.15, 0.2) is 0 Å². The number of benzene rings is 3. The van der Waals surface area contributed by atoms with Gasteiger partial charge in [0.25, 0.3) is 11.7 Å². The van der Waals surface area contributed by atoms with Crippen LogP contribution in [-0.4, -0.2) is 30.5 Å². The fourth-order valence-corrected chi connectivity index (χ4v) is 4.23. The normalized spacial score (nSPS) is 17.2. The fourth-order valence-electron chi connectivity index (χ4n) is 4.11. The van der Waals surface area contributed by atoms with E-state index in [0.29, 0.717) is 39.9 Å². The van der Waals surface area contributed by atoms with Gasteiger partial charge < -0.3 is 14.6 Å². The van der Waals surface area contributed by atoms with Gasteiger partial charge in [0.05, 0.1) is 30.9 Å².